The van der Waals surface area contributed by atoms with Gasteiger partial charge in [-0.2, -0.15) is 0 Å². The molecule has 2 aromatic carbocycles. The van der Waals surface area contributed by atoms with Crippen molar-refractivity contribution in [2.45, 2.75) is 55.6 Å². The molecule has 1 saturated carbocycles. The Balaban J connectivity index is 1.57. The molecule has 1 aromatic heterocycles. The summed E-state index contributed by atoms with van der Waals surface area (Å²) >= 11 is 1.19. The number of thiazole rings is 1. The number of benzene rings is 2. The van der Waals surface area contributed by atoms with Gasteiger partial charge >= 0.3 is 0 Å². The van der Waals surface area contributed by atoms with Crippen molar-refractivity contribution in [3.63, 3.8) is 0 Å². The number of anilines is 1. The summed E-state index contributed by atoms with van der Waals surface area (Å²) in [5.74, 6) is -0.208. The normalized spacial score (nSPS) is 16.5. The third kappa shape index (κ3) is 5.65. The van der Waals surface area contributed by atoms with E-state index >= 15 is 0 Å². The van der Waals surface area contributed by atoms with Gasteiger partial charge in [-0.25, -0.2) is 13.4 Å². The summed E-state index contributed by atoms with van der Waals surface area (Å²) in [4.78, 5) is 19.4. The van der Waals surface area contributed by atoms with Gasteiger partial charge in [0.05, 0.1) is 11.4 Å². The zero-order valence-corrected chi connectivity index (χ0v) is 20.7. The first-order valence-electron chi connectivity index (χ1n) is 11.4. The molecule has 1 amide bonds. The minimum Gasteiger partial charge on any atom is -0.384 e. The third-order valence-electron chi connectivity index (χ3n) is 6.22. The number of rotatable bonds is 8. The maximum Gasteiger partial charge on any atom is 0.263 e. The molecule has 1 fully saturated rings. The standard InChI is InChI=1S/C25H29N3O4S2/c1-25(30,20-8-4-2-5-9-20)18-28(21-10-6-3-7-11-21)23(29)19-12-14-22(15-13-19)34(31,32)27-24-26-16-17-33-24/h2,4-5,8-9,12-17,21,30H,3,6-7,10-11,18H2,1H3,(H,26,27). The molecular formula is C25H29N3O4S2. The highest BCUT2D eigenvalue weighted by molar-refractivity contribution is 7.93. The summed E-state index contributed by atoms with van der Waals surface area (Å²) in [5.41, 5.74) is -0.0733. The van der Waals surface area contributed by atoms with Gasteiger partial charge in [-0.15, -0.1) is 11.3 Å². The van der Waals surface area contributed by atoms with E-state index in [1.54, 1.807) is 17.2 Å². The van der Waals surface area contributed by atoms with Crippen LogP contribution in [0.25, 0.3) is 0 Å². The largest absolute Gasteiger partial charge is 0.384 e. The number of carbonyl (C=O) groups is 1. The Bertz CT molecular complexity index is 1190. The van der Waals surface area contributed by atoms with Gasteiger partial charge < -0.3 is 10.0 Å². The molecule has 1 aliphatic rings. The highest BCUT2D eigenvalue weighted by Gasteiger charge is 2.34. The number of nitrogens with one attached hydrogen (secondary N) is 1. The zero-order valence-electron chi connectivity index (χ0n) is 19.1. The van der Waals surface area contributed by atoms with Crippen LogP contribution in [0.1, 0.15) is 54.9 Å². The fourth-order valence-corrected chi connectivity index (χ4v) is 6.16. The van der Waals surface area contributed by atoms with Gasteiger partial charge in [-0.05, 0) is 49.6 Å². The van der Waals surface area contributed by atoms with E-state index in [4.69, 9.17) is 0 Å². The smallest absolute Gasteiger partial charge is 0.263 e. The summed E-state index contributed by atoms with van der Waals surface area (Å²) in [7, 11) is -3.80. The van der Waals surface area contributed by atoms with Crippen molar-refractivity contribution in [2.24, 2.45) is 0 Å². The van der Waals surface area contributed by atoms with Gasteiger partial charge in [0.25, 0.3) is 15.9 Å². The molecule has 9 heteroatoms. The van der Waals surface area contributed by atoms with Crippen molar-refractivity contribution < 1.29 is 18.3 Å². The number of aliphatic hydroxyl groups is 1. The second-order valence-electron chi connectivity index (χ2n) is 8.83. The number of hydrogen-bond acceptors (Lipinski definition) is 6. The lowest BCUT2D eigenvalue weighted by atomic mass is 9.90. The molecule has 34 heavy (non-hydrogen) atoms. The molecule has 1 unspecified atom stereocenters. The lowest BCUT2D eigenvalue weighted by Crippen LogP contribution is -2.48. The van der Waals surface area contributed by atoms with Gasteiger partial charge in [-0.3, -0.25) is 9.52 Å². The van der Waals surface area contributed by atoms with Crippen LogP contribution in [0.4, 0.5) is 5.13 Å². The Morgan fingerprint density at radius 1 is 1.12 bits per heavy atom. The van der Waals surface area contributed by atoms with Gasteiger partial charge in [-0.1, -0.05) is 49.6 Å². The first-order chi connectivity index (χ1) is 16.3. The SMILES string of the molecule is CC(O)(CN(C(=O)c1ccc(S(=O)(=O)Nc2nccs2)cc1)C1CCCCC1)c1ccccc1. The molecule has 2 N–H and O–H groups in total. The third-order valence-corrected chi connectivity index (χ3v) is 8.39. The van der Waals surface area contributed by atoms with Crippen LogP contribution in [-0.4, -0.2) is 41.9 Å². The highest BCUT2D eigenvalue weighted by atomic mass is 32.2. The molecule has 3 aromatic rings. The van der Waals surface area contributed by atoms with Crippen molar-refractivity contribution in [3.8, 4) is 0 Å². The van der Waals surface area contributed by atoms with Crippen molar-refractivity contribution in [1.29, 1.82) is 0 Å². The molecule has 7 nitrogen and oxygen atoms in total. The van der Waals surface area contributed by atoms with Crippen molar-refractivity contribution >= 4 is 32.4 Å². The number of nitrogens with zero attached hydrogens (tertiary/aromatic N) is 2. The van der Waals surface area contributed by atoms with Crippen LogP contribution >= 0.6 is 11.3 Å². The Morgan fingerprint density at radius 2 is 1.79 bits per heavy atom. The second-order valence-corrected chi connectivity index (χ2v) is 11.4. The second kappa shape index (κ2) is 10.2. The molecule has 180 valence electrons. The number of carbonyl (C=O) groups excluding carboxylic acids is 1. The Morgan fingerprint density at radius 3 is 2.41 bits per heavy atom. The zero-order chi connectivity index (χ0) is 24.2. The van der Waals surface area contributed by atoms with E-state index in [-0.39, 0.29) is 28.5 Å². The fourth-order valence-electron chi connectivity index (χ4n) is 4.37. The van der Waals surface area contributed by atoms with E-state index in [9.17, 15) is 18.3 Å². The summed E-state index contributed by atoms with van der Waals surface area (Å²) in [6.07, 6.45) is 6.53. The van der Waals surface area contributed by atoms with E-state index in [2.05, 4.69) is 9.71 Å². The first-order valence-corrected chi connectivity index (χ1v) is 13.7. The van der Waals surface area contributed by atoms with Crippen LogP contribution in [0, 0.1) is 0 Å². The topological polar surface area (TPSA) is 99.6 Å². The number of hydrogen-bond donors (Lipinski definition) is 2. The molecule has 0 saturated heterocycles. The van der Waals surface area contributed by atoms with Crippen LogP contribution in [0.2, 0.25) is 0 Å². The lowest BCUT2D eigenvalue weighted by Gasteiger charge is -2.39. The Labute approximate surface area is 204 Å². The molecule has 1 atom stereocenters. The molecule has 0 radical (unpaired) electrons. The quantitative estimate of drug-likeness (QED) is 0.471. The predicted molar refractivity (Wildman–Crippen MR) is 133 cm³/mol. The lowest BCUT2D eigenvalue weighted by molar-refractivity contribution is -0.000353. The van der Waals surface area contributed by atoms with E-state index in [1.807, 2.05) is 30.3 Å². The minimum atomic E-state index is -3.80. The van der Waals surface area contributed by atoms with Crippen molar-refractivity contribution in [1.82, 2.24) is 9.88 Å². The molecule has 4 rings (SSSR count). The van der Waals surface area contributed by atoms with Crippen LogP contribution in [-0.2, 0) is 15.6 Å². The number of sulfonamides is 1. The predicted octanol–water partition coefficient (Wildman–Crippen LogP) is 4.63. The maximum absolute atomic E-state index is 13.6. The fraction of sp³-hybridized carbons (Fsp3) is 0.360. The first kappa shape index (κ1) is 24.4. The number of amides is 1. The van der Waals surface area contributed by atoms with Gasteiger partial charge in [0.15, 0.2) is 5.13 Å². The average Bonchev–Trinajstić information content (AvgIpc) is 3.36. The molecule has 1 aliphatic carbocycles. The number of aromatic nitrogens is 1. The van der Waals surface area contributed by atoms with Crippen LogP contribution in [0.3, 0.4) is 0 Å². The van der Waals surface area contributed by atoms with E-state index in [1.165, 1.54) is 41.8 Å². The van der Waals surface area contributed by atoms with Gasteiger partial charge in [0.1, 0.15) is 5.60 Å². The molecule has 1 heterocycles. The van der Waals surface area contributed by atoms with Crippen molar-refractivity contribution in [3.05, 3.63) is 77.3 Å². The Kier molecular flexibility index (Phi) is 7.35. The van der Waals surface area contributed by atoms with Gasteiger partial charge in [0.2, 0.25) is 0 Å². The monoisotopic (exact) mass is 499 g/mol. The minimum absolute atomic E-state index is 0.0337. The summed E-state index contributed by atoms with van der Waals surface area (Å²) in [6, 6.07) is 15.3. The van der Waals surface area contributed by atoms with E-state index < -0.39 is 15.6 Å². The average molecular weight is 500 g/mol. The summed E-state index contributed by atoms with van der Waals surface area (Å²) in [6.45, 7) is 1.89. The summed E-state index contributed by atoms with van der Waals surface area (Å²) in [5, 5.41) is 13.2. The maximum atomic E-state index is 13.6. The van der Waals surface area contributed by atoms with Crippen LogP contribution in [0.15, 0.2) is 71.1 Å². The molecule has 0 spiro atoms. The molecule has 0 aliphatic heterocycles. The summed E-state index contributed by atoms with van der Waals surface area (Å²) < 4.78 is 27.7. The van der Waals surface area contributed by atoms with E-state index in [0.717, 1.165) is 37.7 Å². The van der Waals surface area contributed by atoms with Gasteiger partial charge in [0, 0.05) is 23.2 Å². The van der Waals surface area contributed by atoms with Crippen molar-refractivity contribution in [2.75, 3.05) is 11.3 Å². The molecular weight excluding hydrogens is 470 g/mol. The van der Waals surface area contributed by atoms with Crippen LogP contribution < -0.4 is 4.72 Å². The van der Waals surface area contributed by atoms with E-state index in [0.29, 0.717) is 5.56 Å². The highest BCUT2D eigenvalue weighted by Crippen LogP contribution is 2.29. The Hall–Kier alpha value is -2.75. The molecule has 0 bridgehead atoms. The van der Waals surface area contributed by atoms with Crippen LogP contribution in [0.5, 0.6) is 0 Å².